The lowest BCUT2D eigenvalue weighted by molar-refractivity contribution is 0.414. The first-order valence-corrected chi connectivity index (χ1v) is 21.0. The van der Waals surface area contributed by atoms with E-state index in [0.29, 0.717) is 0 Å². The Labute approximate surface area is 362 Å². The van der Waals surface area contributed by atoms with Crippen LogP contribution in [0.15, 0.2) is 194 Å². The van der Waals surface area contributed by atoms with Crippen LogP contribution in [0.3, 0.4) is 0 Å². The summed E-state index contributed by atoms with van der Waals surface area (Å²) < 4.78 is 11.7. The molecule has 0 saturated heterocycles. The van der Waals surface area contributed by atoms with Crippen molar-refractivity contribution in [2.75, 3.05) is 7.11 Å². The normalized spacial score (nSPS) is 11.5. The maximum atomic E-state index is 6.35. The zero-order valence-electron chi connectivity index (χ0n) is 35.9. The third kappa shape index (κ3) is 9.67. The predicted octanol–water partition coefficient (Wildman–Crippen LogP) is 15.6. The Hall–Kier alpha value is -7.16. The molecule has 61 heavy (non-hydrogen) atoms. The van der Waals surface area contributed by atoms with Crippen LogP contribution in [0.2, 0.25) is 0 Å². The zero-order chi connectivity index (χ0) is 42.3. The molecule has 0 aliphatic rings. The van der Waals surface area contributed by atoms with Gasteiger partial charge in [0.05, 0.1) is 7.11 Å². The van der Waals surface area contributed by atoms with E-state index in [1.807, 2.05) is 12.1 Å². The Morgan fingerprint density at radius 3 is 0.984 bits per heavy atom. The smallest absolute Gasteiger partial charge is 0.127 e. The van der Waals surface area contributed by atoms with Crippen LogP contribution in [0.1, 0.15) is 75.0 Å². The molecule has 300 valence electrons. The molecule has 0 saturated carbocycles. The molecule has 0 amide bonds. The first kappa shape index (κ1) is 40.6. The Kier molecular flexibility index (Phi) is 12.0. The fraction of sp³-hybridized carbons (Fsp3) is 0.119. The number of methoxy groups -OCH3 is 1. The quantitative estimate of drug-likeness (QED) is 0.115. The second-order valence-electron chi connectivity index (χ2n) is 16.5. The van der Waals surface area contributed by atoms with Gasteiger partial charge in [-0.25, -0.2) is 0 Å². The average Bonchev–Trinajstić information content (AvgIpc) is 3.29. The van der Waals surface area contributed by atoms with Crippen molar-refractivity contribution in [3.63, 3.8) is 0 Å². The minimum Gasteiger partial charge on any atom is -0.497 e. The van der Waals surface area contributed by atoms with Gasteiger partial charge in [0.2, 0.25) is 0 Å². The summed E-state index contributed by atoms with van der Waals surface area (Å²) in [6, 6.07) is 69.2. The van der Waals surface area contributed by atoms with Crippen molar-refractivity contribution in [1.29, 1.82) is 0 Å². The van der Waals surface area contributed by atoms with Crippen LogP contribution in [-0.4, -0.2) is 7.11 Å². The summed E-state index contributed by atoms with van der Waals surface area (Å²) in [6.07, 6.45) is 4.57. The summed E-state index contributed by atoms with van der Waals surface area (Å²) in [5.74, 6) is 2.46. The molecule has 0 spiro atoms. The van der Waals surface area contributed by atoms with E-state index < -0.39 is 0 Å². The maximum absolute atomic E-state index is 6.35. The van der Waals surface area contributed by atoms with E-state index in [1.54, 1.807) is 7.11 Å². The van der Waals surface area contributed by atoms with E-state index in [4.69, 9.17) is 9.47 Å². The molecule has 8 rings (SSSR count). The molecule has 0 aliphatic heterocycles. The predicted molar refractivity (Wildman–Crippen MR) is 257 cm³/mol. The topological polar surface area (TPSA) is 18.5 Å². The summed E-state index contributed by atoms with van der Waals surface area (Å²) in [6.45, 7) is 10.9. The third-order valence-corrected chi connectivity index (χ3v) is 11.7. The van der Waals surface area contributed by atoms with Crippen LogP contribution in [0, 0.1) is 20.8 Å². The highest BCUT2D eigenvalue weighted by molar-refractivity contribution is 5.93. The second kappa shape index (κ2) is 18.0. The van der Waals surface area contributed by atoms with Crippen molar-refractivity contribution in [3.05, 3.63) is 255 Å². The van der Waals surface area contributed by atoms with Gasteiger partial charge in [-0.3, -0.25) is 0 Å². The van der Waals surface area contributed by atoms with Gasteiger partial charge < -0.3 is 9.47 Å². The number of hydrogen-bond acceptors (Lipinski definition) is 2. The van der Waals surface area contributed by atoms with Crippen LogP contribution in [0.4, 0.5) is 0 Å². The lowest BCUT2D eigenvalue weighted by Crippen LogP contribution is -2.18. The van der Waals surface area contributed by atoms with Crippen LogP contribution in [0.5, 0.6) is 17.2 Å². The Balaban J connectivity index is 1.000. The Morgan fingerprint density at radius 1 is 0.361 bits per heavy atom. The van der Waals surface area contributed by atoms with Gasteiger partial charge in [0.1, 0.15) is 17.2 Å². The molecule has 0 heterocycles. The summed E-state index contributed by atoms with van der Waals surface area (Å²) in [4.78, 5) is 0. The van der Waals surface area contributed by atoms with Gasteiger partial charge in [-0.15, -0.1) is 0 Å². The monoisotopic (exact) mass is 792 g/mol. The molecule has 0 aromatic heterocycles. The molecule has 0 radical (unpaired) electrons. The molecule has 0 fully saturated rings. The molecule has 0 atom stereocenters. The van der Waals surface area contributed by atoms with Gasteiger partial charge in [-0.1, -0.05) is 188 Å². The molecule has 8 aromatic rings. The average molecular weight is 793 g/mol. The highest BCUT2D eigenvalue weighted by Crippen LogP contribution is 2.35. The minimum atomic E-state index is -0.162. The van der Waals surface area contributed by atoms with E-state index in [-0.39, 0.29) is 5.41 Å². The number of aryl methyl sites for hydroxylation is 3. The Bertz CT molecular complexity index is 2700. The molecule has 0 bridgehead atoms. The molecule has 0 N–H and O–H groups in total. The molecule has 2 nitrogen and oxygen atoms in total. The summed E-state index contributed by atoms with van der Waals surface area (Å²) in [7, 11) is 1.69. The van der Waals surface area contributed by atoms with E-state index in [0.717, 1.165) is 39.5 Å². The lowest BCUT2D eigenvalue weighted by Gasteiger charge is -2.26. The lowest BCUT2D eigenvalue weighted by atomic mass is 9.78. The van der Waals surface area contributed by atoms with Crippen molar-refractivity contribution in [3.8, 4) is 28.4 Å². The van der Waals surface area contributed by atoms with Gasteiger partial charge in [-0.2, -0.15) is 0 Å². The van der Waals surface area contributed by atoms with E-state index in [9.17, 15) is 0 Å². The molecule has 2 heteroatoms. The number of ether oxygens (including phenoxy) is 2. The Morgan fingerprint density at radius 2 is 0.656 bits per heavy atom. The van der Waals surface area contributed by atoms with Crippen LogP contribution >= 0.6 is 0 Å². The summed E-state index contributed by atoms with van der Waals surface area (Å²) >= 11 is 0. The van der Waals surface area contributed by atoms with Gasteiger partial charge in [-0.05, 0) is 136 Å². The highest BCUT2D eigenvalue weighted by atomic mass is 16.5. The number of rotatable bonds is 12. The first-order valence-electron chi connectivity index (χ1n) is 21.0. The fourth-order valence-corrected chi connectivity index (χ4v) is 7.70. The van der Waals surface area contributed by atoms with Crippen molar-refractivity contribution in [2.45, 2.75) is 40.0 Å². The standard InChI is InChI=1S/C59H52O2/c1-41-7-17-48(18-8-41)57(49-19-9-42(2)10-20-49)39-44-13-23-46(24-14-44)47-25-15-45(16-26-47)40-58(50-21-11-43(3)12-22-50)51-27-33-55(34-28-51)61-56-37-31-53(32-38-56)59(4,5)52-29-35-54(60-6)36-30-52/h7-40H,1-6H3. The van der Waals surface area contributed by atoms with Crippen LogP contribution in [0.25, 0.3) is 34.4 Å². The molecule has 8 aromatic carbocycles. The second-order valence-corrected chi connectivity index (χ2v) is 16.5. The van der Waals surface area contributed by atoms with Gasteiger partial charge in [0.15, 0.2) is 0 Å². The van der Waals surface area contributed by atoms with E-state index >= 15 is 0 Å². The maximum Gasteiger partial charge on any atom is 0.127 e. The zero-order valence-corrected chi connectivity index (χ0v) is 35.9. The van der Waals surface area contributed by atoms with E-state index in [1.165, 1.54) is 61.2 Å². The van der Waals surface area contributed by atoms with Crippen molar-refractivity contribution in [2.24, 2.45) is 0 Å². The van der Waals surface area contributed by atoms with Crippen LogP contribution < -0.4 is 9.47 Å². The fourth-order valence-electron chi connectivity index (χ4n) is 7.70. The molecular formula is C59H52O2. The summed E-state index contributed by atoms with van der Waals surface area (Å²) in [5, 5.41) is 0. The SMILES string of the molecule is COc1ccc(C(C)(C)c2ccc(Oc3ccc(C(=Cc4ccc(-c5ccc(C=C(c6ccc(C)cc6)c6ccc(C)cc6)cc5)cc4)c4ccc(C)cc4)cc3)cc2)cc1. The van der Waals surface area contributed by atoms with E-state index in [2.05, 4.69) is 229 Å². The molecular weight excluding hydrogens is 741 g/mol. The first-order chi connectivity index (χ1) is 29.6. The van der Waals surface area contributed by atoms with Crippen molar-refractivity contribution < 1.29 is 9.47 Å². The molecule has 0 unspecified atom stereocenters. The third-order valence-electron chi connectivity index (χ3n) is 11.7. The highest BCUT2D eigenvalue weighted by Gasteiger charge is 2.23. The van der Waals surface area contributed by atoms with Crippen molar-refractivity contribution >= 4 is 23.3 Å². The minimum absolute atomic E-state index is 0.162. The number of hydrogen-bond donors (Lipinski definition) is 0. The van der Waals surface area contributed by atoms with Gasteiger partial charge >= 0.3 is 0 Å². The number of benzene rings is 8. The van der Waals surface area contributed by atoms with Crippen molar-refractivity contribution in [1.82, 2.24) is 0 Å². The van der Waals surface area contributed by atoms with Gasteiger partial charge in [0, 0.05) is 5.41 Å². The summed E-state index contributed by atoms with van der Waals surface area (Å²) in [5.41, 5.74) is 17.8. The molecule has 0 aliphatic carbocycles. The largest absolute Gasteiger partial charge is 0.497 e. The van der Waals surface area contributed by atoms with Gasteiger partial charge in [0.25, 0.3) is 0 Å². The van der Waals surface area contributed by atoms with Crippen LogP contribution in [-0.2, 0) is 5.41 Å².